The zero-order chi connectivity index (χ0) is 25.7. The Morgan fingerprint density at radius 1 is 0.889 bits per heavy atom. The molecule has 2 heterocycles. The van der Waals surface area contributed by atoms with E-state index < -0.39 is 10.0 Å². The lowest BCUT2D eigenvalue weighted by molar-refractivity contribution is -0.121. The van der Waals surface area contributed by atoms with Gasteiger partial charge in [0, 0.05) is 51.4 Å². The average Bonchev–Trinajstić information content (AvgIpc) is 3.12. The molecule has 1 N–H and O–H groups in total. The highest BCUT2D eigenvalue weighted by atomic mass is 32.2. The smallest absolute Gasteiger partial charge is 0.261 e. The zero-order valence-electron chi connectivity index (χ0n) is 19.9. The van der Waals surface area contributed by atoms with Gasteiger partial charge in [-0.15, -0.1) is 0 Å². The molecule has 3 amide bonds. The van der Waals surface area contributed by atoms with Crippen molar-refractivity contribution in [2.75, 3.05) is 49.9 Å². The quantitative estimate of drug-likeness (QED) is 0.382. The molecule has 1 saturated heterocycles. The van der Waals surface area contributed by atoms with Gasteiger partial charge < -0.3 is 10.2 Å². The normalized spacial score (nSPS) is 16.4. The molecule has 0 aliphatic carbocycles. The number of halogens is 1. The van der Waals surface area contributed by atoms with Crippen LogP contribution in [0.1, 0.15) is 40.0 Å². The van der Waals surface area contributed by atoms with Gasteiger partial charge in [0.2, 0.25) is 15.9 Å². The Bertz CT molecular complexity index is 1190. The summed E-state index contributed by atoms with van der Waals surface area (Å²) >= 11 is 0. The number of nitrogens with zero attached hydrogens (tertiary/aromatic N) is 3. The Morgan fingerprint density at radius 2 is 1.50 bits per heavy atom. The van der Waals surface area contributed by atoms with Gasteiger partial charge >= 0.3 is 0 Å². The number of nitrogens with one attached hydrogen (secondary N) is 1. The molecule has 36 heavy (non-hydrogen) atoms. The van der Waals surface area contributed by atoms with Gasteiger partial charge in [-0.2, -0.15) is 4.31 Å². The minimum Gasteiger partial charge on any atom is -0.369 e. The van der Waals surface area contributed by atoms with Crippen LogP contribution in [0.5, 0.6) is 0 Å². The molecule has 0 atom stereocenters. The van der Waals surface area contributed by atoms with Gasteiger partial charge in [0.15, 0.2) is 0 Å². The minimum absolute atomic E-state index is 0.0706. The highest BCUT2D eigenvalue weighted by Crippen LogP contribution is 2.22. The summed E-state index contributed by atoms with van der Waals surface area (Å²) in [4.78, 5) is 40.0. The van der Waals surface area contributed by atoms with Gasteiger partial charge in [0.1, 0.15) is 5.82 Å². The Balaban J connectivity index is 1.12. The maximum Gasteiger partial charge on any atom is 0.261 e. The fourth-order valence-corrected chi connectivity index (χ4v) is 5.90. The van der Waals surface area contributed by atoms with E-state index in [4.69, 9.17) is 0 Å². The topological polar surface area (TPSA) is 107 Å². The first-order chi connectivity index (χ1) is 17.3. The van der Waals surface area contributed by atoms with Gasteiger partial charge in [-0.25, -0.2) is 12.8 Å². The maximum absolute atomic E-state index is 13.1. The predicted molar refractivity (Wildman–Crippen MR) is 133 cm³/mol. The van der Waals surface area contributed by atoms with Crippen LogP contribution < -0.4 is 10.2 Å². The second-order valence-electron chi connectivity index (χ2n) is 8.79. The number of imide groups is 1. The molecule has 0 aromatic heterocycles. The first-order valence-electron chi connectivity index (χ1n) is 12.0. The molecular formula is C25H29FN4O5S. The minimum atomic E-state index is -3.45. The summed E-state index contributed by atoms with van der Waals surface area (Å²) < 4.78 is 39.9. The molecule has 4 rings (SSSR count). The largest absolute Gasteiger partial charge is 0.369 e. The van der Waals surface area contributed by atoms with Crippen molar-refractivity contribution in [1.82, 2.24) is 14.5 Å². The third-order valence-corrected chi connectivity index (χ3v) is 8.35. The van der Waals surface area contributed by atoms with Gasteiger partial charge in [-0.1, -0.05) is 12.1 Å². The molecule has 0 saturated carbocycles. The molecule has 0 spiro atoms. The van der Waals surface area contributed by atoms with E-state index in [-0.39, 0.29) is 55.2 Å². The van der Waals surface area contributed by atoms with E-state index in [1.807, 2.05) is 4.90 Å². The van der Waals surface area contributed by atoms with E-state index >= 15 is 0 Å². The van der Waals surface area contributed by atoms with E-state index in [9.17, 15) is 27.2 Å². The van der Waals surface area contributed by atoms with E-state index in [1.165, 1.54) is 16.4 Å². The Kier molecular flexibility index (Phi) is 8.00. The Morgan fingerprint density at radius 3 is 2.11 bits per heavy atom. The third kappa shape index (κ3) is 5.90. The number of hydrogen-bond acceptors (Lipinski definition) is 6. The Labute approximate surface area is 209 Å². The lowest BCUT2D eigenvalue weighted by Gasteiger charge is -2.35. The lowest BCUT2D eigenvalue weighted by atomic mass is 10.1. The third-order valence-electron chi connectivity index (χ3n) is 6.39. The molecule has 11 heteroatoms. The molecule has 0 radical (unpaired) electrons. The zero-order valence-corrected chi connectivity index (χ0v) is 20.7. The number of sulfonamides is 1. The number of carbonyl (C=O) groups excluding carboxylic acids is 3. The van der Waals surface area contributed by atoms with Crippen molar-refractivity contribution >= 4 is 33.4 Å². The van der Waals surface area contributed by atoms with Crippen molar-refractivity contribution in [1.29, 1.82) is 0 Å². The molecule has 0 unspecified atom stereocenters. The monoisotopic (exact) mass is 516 g/mol. The summed E-state index contributed by atoms with van der Waals surface area (Å²) in [7, 11) is -3.45. The van der Waals surface area contributed by atoms with Crippen LogP contribution in [0, 0.1) is 5.82 Å². The van der Waals surface area contributed by atoms with Crippen molar-refractivity contribution in [3.05, 3.63) is 65.5 Å². The van der Waals surface area contributed by atoms with Crippen LogP contribution in [-0.2, 0) is 14.8 Å². The van der Waals surface area contributed by atoms with E-state index in [1.54, 1.807) is 36.4 Å². The summed E-state index contributed by atoms with van der Waals surface area (Å²) in [5.41, 5.74) is 1.62. The SMILES string of the molecule is O=C(CCCN1C(=O)c2ccccc2C1=O)NCCCS(=O)(=O)N1CCN(c2ccc(F)cc2)CC1. The molecule has 2 aromatic carbocycles. The van der Waals surface area contributed by atoms with Crippen molar-refractivity contribution in [2.45, 2.75) is 19.3 Å². The van der Waals surface area contributed by atoms with Crippen LogP contribution in [0.4, 0.5) is 10.1 Å². The summed E-state index contributed by atoms with van der Waals surface area (Å²) in [5, 5.41) is 2.71. The van der Waals surface area contributed by atoms with Crippen molar-refractivity contribution in [2.24, 2.45) is 0 Å². The predicted octanol–water partition coefficient (Wildman–Crippen LogP) is 1.86. The second kappa shape index (κ2) is 11.2. The van der Waals surface area contributed by atoms with Gasteiger partial charge in [-0.3, -0.25) is 19.3 Å². The van der Waals surface area contributed by atoms with E-state index in [0.717, 1.165) is 10.6 Å². The van der Waals surface area contributed by atoms with Crippen LogP contribution in [0.25, 0.3) is 0 Å². The van der Waals surface area contributed by atoms with Crippen molar-refractivity contribution < 1.29 is 27.2 Å². The first-order valence-corrected chi connectivity index (χ1v) is 13.6. The van der Waals surface area contributed by atoms with Crippen LogP contribution in [0.2, 0.25) is 0 Å². The van der Waals surface area contributed by atoms with Gasteiger partial charge in [-0.05, 0) is 49.2 Å². The van der Waals surface area contributed by atoms with Crippen LogP contribution in [-0.4, -0.2) is 80.4 Å². The highest BCUT2D eigenvalue weighted by molar-refractivity contribution is 7.89. The van der Waals surface area contributed by atoms with Gasteiger partial charge in [0.25, 0.3) is 11.8 Å². The number of anilines is 1. The van der Waals surface area contributed by atoms with Crippen molar-refractivity contribution in [3.8, 4) is 0 Å². The molecule has 2 aromatic rings. The summed E-state index contributed by atoms with van der Waals surface area (Å²) in [5.74, 6) is -1.33. The van der Waals surface area contributed by atoms with Crippen LogP contribution in [0.3, 0.4) is 0 Å². The van der Waals surface area contributed by atoms with E-state index in [0.29, 0.717) is 43.7 Å². The second-order valence-corrected chi connectivity index (χ2v) is 10.9. The standard InChI is InChI=1S/C25H29FN4O5S/c26-19-8-10-20(11-9-19)28-14-16-29(17-15-28)36(34,35)18-4-12-27-23(31)7-3-13-30-24(32)21-5-1-2-6-22(21)25(30)33/h1-2,5-6,8-11H,3-4,7,12-18H2,(H,27,31). The van der Waals surface area contributed by atoms with E-state index in [2.05, 4.69) is 5.32 Å². The van der Waals surface area contributed by atoms with Crippen LogP contribution in [0.15, 0.2) is 48.5 Å². The fourth-order valence-electron chi connectivity index (χ4n) is 4.42. The van der Waals surface area contributed by atoms with Crippen molar-refractivity contribution in [3.63, 3.8) is 0 Å². The number of piperazine rings is 1. The number of fused-ring (bicyclic) bond motifs is 1. The summed E-state index contributed by atoms with van der Waals surface area (Å²) in [6.07, 6.45) is 0.740. The molecule has 2 aliphatic rings. The fraction of sp³-hybridized carbons (Fsp3) is 0.400. The summed E-state index contributed by atoms with van der Waals surface area (Å²) in [6, 6.07) is 12.8. The molecule has 1 fully saturated rings. The lowest BCUT2D eigenvalue weighted by Crippen LogP contribution is -2.49. The molecule has 2 aliphatic heterocycles. The maximum atomic E-state index is 13.1. The number of carbonyl (C=O) groups is 3. The molecule has 9 nitrogen and oxygen atoms in total. The average molecular weight is 517 g/mol. The summed E-state index contributed by atoms with van der Waals surface area (Å²) in [6.45, 7) is 2.12. The van der Waals surface area contributed by atoms with Crippen LogP contribution >= 0.6 is 0 Å². The number of rotatable bonds is 10. The van der Waals surface area contributed by atoms with Gasteiger partial charge in [0.05, 0.1) is 16.9 Å². The Hall–Kier alpha value is -3.31. The molecule has 0 bridgehead atoms. The number of amides is 3. The highest BCUT2D eigenvalue weighted by Gasteiger charge is 2.34. The number of hydrogen-bond donors (Lipinski definition) is 1. The number of benzene rings is 2. The molecular weight excluding hydrogens is 487 g/mol. The molecule has 192 valence electrons. The first kappa shape index (κ1) is 25.8.